The normalized spacial score (nSPS) is 12.0. The number of carbonyl (C=O) groups excluding carboxylic acids is 1. The number of benzene rings is 2. The van der Waals surface area contributed by atoms with Gasteiger partial charge in [0.15, 0.2) is 0 Å². The Morgan fingerprint density at radius 2 is 1.79 bits per heavy atom. The maximum absolute atomic E-state index is 12.6. The molecule has 1 unspecified atom stereocenters. The molecule has 0 bridgehead atoms. The molecule has 2 aromatic rings. The van der Waals surface area contributed by atoms with Crippen molar-refractivity contribution in [1.82, 2.24) is 5.32 Å². The van der Waals surface area contributed by atoms with Gasteiger partial charge in [0, 0.05) is 12.7 Å². The summed E-state index contributed by atoms with van der Waals surface area (Å²) in [4.78, 5) is 12.6. The van der Waals surface area contributed by atoms with E-state index in [-0.39, 0.29) is 17.9 Å². The molecule has 1 amide bonds. The van der Waals surface area contributed by atoms with Crippen LogP contribution in [0.2, 0.25) is 0 Å². The second kappa shape index (κ2) is 8.50. The summed E-state index contributed by atoms with van der Waals surface area (Å²) < 4.78 is 10.3. The Balaban J connectivity index is 2.17. The number of rotatable bonds is 7. The zero-order valence-corrected chi connectivity index (χ0v) is 14.7. The van der Waals surface area contributed by atoms with Crippen LogP contribution in [0.3, 0.4) is 0 Å². The van der Waals surface area contributed by atoms with Crippen LogP contribution >= 0.6 is 0 Å². The fraction of sp³-hybridized carbons (Fsp3) is 0.350. The number of methoxy groups -OCH3 is 2. The van der Waals surface area contributed by atoms with Crippen LogP contribution in [0.5, 0.6) is 5.75 Å². The van der Waals surface area contributed by atoms with Crippen LogP contribution in [-0.4, -0.2) is 20.1 Å². The van der Waals surface area contributed by atoms with Crippen molar-refractivity contribution >= 4 is 5.91 Å². The second-order valence-corrected chi connectivity index (χ2v) is 6.10. The standard InChI is InChI=1S/C20H25NO3/c1-14(2)19(16-8-10-18(24-4)11-9-16)21-20(22)17-7-5-6-15(12-17)13-23-3/h5-12,14,19H,13H2,1-4H3,(H,21,22). The molecular weight excluding hydrogens is 302 g/mol. The lowest BCUT2D eigenvalue weighted by Gasteiger charge is -2.23. The van der Waals surface area contributed by atoms with Gasteiger partial charge in [0.05, 0.1) is 19.8 Å². The molecule has 0 saturated heterocycles. The summed E-state index contributed by atoms with van der Waals surface area (Å²) in [5.74, 6) is 0.992. The lowest BCUT2D eigenvalue weighted by Crippen LogP contribution is -2.31. The van der Waals surface area contributed by atoms with Crippen molar-refractivity contribution in [3.8, 4) is 5.75 Å². The minimum Gasteiger partial charge on any atom is -0.497 e. The van der Waals surface area contributed by atoms with E-state index in [2.05, 4.69) is 19.2 Å². The SMILES string of the molecule is COCc1cccc(C(=O)NC(c2ccc(OC)cc2)C(C)C)c1. The number of ether oxygens (including phenoxy) is 2. The van der Waals surface area contributed by atoms with Gasteiger partial charge in [0.2, 0.25) is 0 Å². The van der Waals surface area contributed by atoms with E-state index in [9.17, 15) is 4.79 Å². The molecule has 1 atom stereocenters. The average molecular weight is 327 g/mol. The molecule has 4 nitrogen and oxygen atoms in total. The second-order valence-electron chi connectivity index (χ2n) is 6.10. The molecule has 1 N–H and O–H groups in total. The van der Waals surface area contributed by atoms with E-state index in [4.69, 9.17) is 9.47 Å². The molecule has 0 spiro atoms. The van der Waals surface area contributed by atoms with Crippen molar-refractivity contribution in [3.63, 3.8) is 0 Å². The molecule has 4 heteroatoms. The van der Waals surface area contributed by atoms with E-state index in [1.807, 2.05) is 48.5 Å². The smallest absolute Gasteiger partial charge is 0.251 e. The van der Waals surface area contributed by atoms with Gasteiger partial charge >= 0.3 is 0 Å². The summed E-state index contributed by atoms with van der Waals surface area (Å²) >= 11 is 0. The lowest BCUT2D eigenvalue weighted by molar-refractivity contribution is 0.0925. The predicted octanol–water partition coefficient (Wildman–Crippen LogP) is 3.97. The third kappa shape index (κ3) is 4.59. The topological polar surface area (TPSA) is 47.6 Å². The van der Waals surface area contributed by atoms with Gasteiger partial charge < -0.3 is 14.8 Å². The van der Waals surface area contributed by atoms with E-state index in [0.29, 0.717) is 12.2 Å². The Labute approximate surface area is 143 Å². The van der Waals surface area contributed by atoms with Gasteiger partial charge in [-0.3, -0.25) is 4.79 Å². The van der Waals surface area contributed by atoms with Crippen LogP contribution < -0.4 is 10.1 Å². The Bertz CT molecular complexity index is 665. The molecule has 0 aliphatic carbocycles. The van der Waals surface area contributed by atoms with Gasteiger partial charge in [-0.25, -0.2) is 0 Å². The lowest BCUT2D eigenvalue weighted by atomic mass is 9.95. The van der Waals surface area contributed by atoms with Crippen LogP contribution in [-0.2, 0) is 11.3 Å². The Kier molecular flexibility index (Phi) is 6.38. The number of nitrogens with one attached hydrogen (secondary N) is 1. The van der Waals surface area contributed by atoms with Crippen molar-refractivity contribution in [2.45, 2.75) is 26.5 Å². The van der Waals surface area contributed by atoms with Gasteiger partial charge in [-0.05, 0) is 41.3 Å². The first kappa shape index (κ1) is 18.0. The highest BCUT2D eigenvalue weighted by Crippen LogP contribution is 2.24. The maximum atomic E-state index is 12.6. The molecule has 0 aliphatic rings. The van der Waals surface area contributed by atoms with E-state index in [1.54, 1.807) is 14.2 Å². The minimum atomic E-state index is -0.0810. The van der Waals surface area contributed by atoms with Gasteiger partial charge in [0.1, 0.15) is 5.75 Å². The number of hydrogen-bond donors (Lipinski definition) is 1. The third-order valence-electron chi connectivity index (χ3n) is 3.93. The summed E-state index contributed by atoms with van der Waals surface area (Å²) in [5.41, 5.74) is 2.69. The summed E-state index contributed by atoms with van der Waals surface area (Å²) in [6, 6.07) is 15.3. The number of hydrogen-bond acceptors (Lipinski definition) is 3. The molecule has 24 heavy (non-hydrogen) atoms. The van der Waals surface area contributed by atoms with Crippen molar-refractivity contribution in [3.05, 3.63) is 65.2 Å². The first-order valence-corrected chi connectivity index (χ1v) is 8.08. The van der Waals surface area contributed by atoms with E-state index in [0.717, 1.165) is 16.9 Å². The van der Waals surface area contributed by atoms with Gasteiger partial charge in [-0.15, -0.1) is 0 Å². The zero-order valence-electron chi connectivity index (χ0n) is 14.7. The van der Waals surface area contributed by atoms with E-state index < -0.39 is 0 Å². The minimum absolute atomic E-state index is 0.0607. The van der Waals surface area contributed by atoms with Gasteiger partial charge in [0.25, 0.3) is 5.91 Å². The summed E-state index contributed by atoms with van der Waals surface area (Å²) in [5, 5.41) is 3.14. The van der Waals surface area contributed by atoms with Crippen LogP contribution in [0.25, 0.3) is 0 Å². The third-order valence-corrected chi connectivity index (χ3v) is 3.93. The molecule has 0 aliphatic heterocycles. The highest BCUT2D eigenvalue weighted by atomic mass is 16.5. The first-order chi connectivity index (χ1) is 11.5. The Hall–Kier alpha value is -2.33. The largest absolute Gasteiger partial charge is 0.497 e. The molecule has 0 fully saturated rings. The van der Waals surface area contributed by atoms with Crippen molar-refractivity contribution < 1.29 is 14.3 Å². The Morgan fingerprint density at radius 1 is 1.08 bits per heavy atom. The molecule has 0 heterocycles. The van der Waals surface area contributed by atoms with E-state index >= 15 is 0 Å². The summed E-state index contributed by atoms with van der Waals surface area (Å²) in [6.45, 7) is 4.68. The van der Waals surface area contributed by atoms with Crippen molar-refractivity contribution in [1.29, 1.82) is 0 Å². The maximum Gasteiger partial charge on any atom is 0.251 e. The molecular formula is C20H25NO3. The number of amides is 1. The molecule has 0 aromatic heterocycles. The summed E-state index contributed by atoms with van der Waals surface area (Å²) in [7, 11) is 3.29. The van der Waals surface area contributed by atoms with Crippen molar-refractivity contribution in [2.24, 2.45) is 5.92 Å². The Morgan fingerprint density at radius 3 is 2.38 bits per heavy atom. The average Bonchev–Trinajstić information content (AvgIpc) is 2.60. The van der Waals surface area contributed by atoms with Crippen LogP contribution in [0, 0.1) is 5.92 Å². The molecule has 0 radical (unpaired) electrons. The molecule has 2 rings (SSSR count). The highest BCUT2D eigenvalue weighted by Gasteiger charge is 2.19. The van der Waals surface area contributed by atoms with Crippen LogP contribution in [0.4, 0.5) is 0 Å². The molecule has 128 valence electrons. The fourth-order valence-corrected chi connectivity index (χ4v) is 2.64. The summed E-state index contributed by atoms with van der Waals surface area (Å²) in [6.07, 6.45) is 0. The van der Waals surface area contributed by atoms with Crippen LogP contribution in [0.1, 0.15) is 41.4 Å². The van der Waals surface area contributed by atoms with Crippen molar-refractivity contribution in [2.75, 3.05) is 14.2 Å². The fourth-order valence-electron chi connectivity index (χ4n) is 2.64. The molecule has 2 aromatic carbocycles. The highest BCUT2D eigenvalue weighted by molar-refractivity contribution is 5.94. The van der Waals surface area contributed by atoms with E-state index in [1.165, 1.54) is 0 Å². The predicted molar refractivity (Wildman–Crippen MR) is 95.2 cm³/mol. The number of carbonyl (C=O) groups is 1. The molecule has 0 saturated carbocycles. The zero-order chi connectivity index (χ0) is 17.5. The van der Waals surface area contributed by atoms with Gasteiger partial charge in [-0.1, -0.05) is 38.1 Å². The van der Waals surface area contributed by atoms with Crippen LogP contribution in [0.15, 0.2) is 48.5 Å². The monoisotopic (exact) mass is 327 g/mol. The first-order valence-electron chi connectivity index (χ1n) is 8.08. The van der Waals surface area contributed by atoms with Gasteiger partial charge in [-0.2, -0.15) is 0 Å². The quantitative estimate of drug-likeness (QED) is 0.837.